The lowest BCUT2D eigenvalue weighted by molar-refractivity contribution is -0.129. The number of ketones is 1. The van der Waals surface area contributed by atoms with Crippen molar-refractivity contribution in [2.75, 3.05) is 31.3 Å². The highest BCUT2D eigenvalue weighted by Crippen LogP contribution is 2.29. The maximum Gasteiger partial charge on any atom is 0.339 e. The average molecular weight is 497 g/mol. The van der Waals surface area contributed by atoms with Gasteiger partial charge in [-0.1, -0.05) is 31.4 Å². The lowest BCUT2D eigenvalue weighted by atomic mass is 9.94. The Morgan fingerprint density at radius 3 is 2.69 bits per heavy atom. The van der Waals surface area contributed by atoms with E-state index in [4.69, 9.17) is 9.47 Å². The highest BCUT2D eigenvalue weighted by atomic mass is 32.2. The first-order chi connectivity index (χ1) is 16.9. The number of rotatable bonds is 8. The van der Waals surface area contributed by atoms with Crippen LogP contribution in [0.3, 0.4) is 0 Å². The number of fused-ring (bicyclic) bond motifs is 1. The number of nitrogens with one attached hydrogen (secondary N) is 1. The molecule has 1 aliphatic carbocycles. The number of ether oxygens (including phenoxy) is 2. The second-order valence-electron chi connectivity index (χ2n) is 8.63. The molecule has 1 N–H and O–H groups in total. The van der Waals surface area contributed by atoms with Crippen molar-refractivity contribution >= 4 is 41.0 Å². The predicted octanol–water partition coefficient (Wildman–Crippen LogP) is 3.94. The summed E-state index contributed by atoms with van der Waals surface area (Å²) in [7, 11) is 1.85. The highest BCUT2D eigenvalue weighted by molar-refractivity contribution is 8.00. The summed E-state index contributed by atoms with van der Waals surface area (Å²) in [5.41, 5.74) is 1.01. The third-order valence-corrected chi connectivity index (χ3v) is 7.30. The van der Waals surface area contributed by atoms with Crippen LogP contribution in [-0.2, 0) is 14.3 Å². The molecule has 0 aromatic heterocycles. The minimum absolute atomic E-state index is 0.0312. The molecule has 2 aromatic rings. The number of carbonyl (C=O) groups is 4. The quantitative estimate of drug-likeness (QED) is 0.336. The van der Waals surface area contributed by atoms with E-state index < -0.39 is 18.4 Å². The van der Waals surface area contributed by atoms with E-state index in [1.807, 2.05) is 11.9 Å². The number of Topliss-reactive ketones (excluding diaryl/α,β-unsaturated/α-hetero) is 1. The zero-order valence-corrected chi connectivity index (χ0v) is 20.4. The Hall–Kier alpha value is -3.33. The molecule has 184 valence electrons. The van der Waals surface area contributed by atoms with Crippen LogP contribution in [0.15, 0.2) is 47.4 Å². The molecule has 0 spiro atoms. The Morgan fingerprint density at radius 2 is 1.89 bits per heavy atom. The van der Waals surface area contributed by atoms with Gasteiger partial charge in [-0.15, -0.1) is 11.8 Å². The summed E-state index contributed by atoms with van der Waals surface area (Å²) in [6.07, 6.45) is 5.59. The predicted molar refractivity (Wildman–Crippen MR) is 132 cm³/mol. The summed E-state index contributed by atoms with van der Waals surface area (Å²) in [5, 5.41) is 2.65. The third kappa shape index (κ3) is 6.22. The number of thioether (sulfide) groups is 1. The molecule has 0 radical (unpaired) electrons. The Kier molecular flexibility index (Phi) is 8.07. The monoisotopic (exact) mass is 496 g/mol. The second-order valence-corrected chi connectivity index (χ2v) is 9.65. The summed E-state index contributed by atoms with van der Waals surface area (Å²) >= 11 is 1.29. The zero-order chi connectivity index (χ0) is 24.8. The number of nitrogens with zero attached hydrogens (tertiary/aromatic N) is 1. The van der Waals surface area contributed by atoms with Crippen LogP contribution in [0.4, 0.5) is 5.69 Å². The van der Waals surface area contributed by atoms with Crippen LogP contribution < -0.4 is 10.1 Å². The number of amides is 2. The van der Waals surface area contributed by atoms with E-state index in [9.17, 15) is 19.2 Å². The van der Waals surface area contributed by atoms with Crippen LogP contribution in [0.5, 0.6) is 5.75 Å². The number of anilines is 1. The van der Waals surface area contributed by atoms with Gasteiger partial charge in [0.2, 0.25) is 5.91 Å². The molecule has 4 rings (SSSR count). The minimum atomic E-state index is -0.635. The fourth-order valence-corrected chi connectivity index (χ4v) is 5.19. The van der Waals surface area contributed by atoms with Crippen molar-refractivity contribution in [3.8, 4) is 5.75 Å². The zero-order valence-electron chi connectivity index (χ0n) is 19.6. The van der Waals surface area contributed by atoms with Gasteiger partial charge in [0.1, 0.15) is 5.75 Å². The van der Waals surface area contributed by atoms with Crippen LogP contribution >= 0.6 is 11.8 Å². The summed E-state index contributed by atoms with van der Waals surface area (Å²) in [4.78, 5) is 52.0. The smallest absolute Gasteiger partial charge is 0.339 e. The molecule has 2 aromatic carbocycles. The van der Waals surface area contributed by atoms with Gasteiger partial charge in [-0.05, 0) is 43.2 Å². The highest BCUT2D eigenvalue weighted by Gasteiger charge is 2.23. The molecule has 1 aliphatic heterocycles. The van der Waals surface area contributed by atoms with Gasteiger partial charge in [0.05, 0.1) is 17.0 Å². The summed E-state index contributed by atoms with van der Waals surface area (Å²) in [6, 6.07) is 11.8. The molecule has 2 amide bonds. The molecule has 1 heterocycles. The number of hydrogen-bond acceptors (Lipinski definition) is 7. The molecule has 0 unspecified atom stereocenters. The number of esters is 1. The van der Waals surface area contributed by atoms with Gasteiger partial charge in [0, 0.05) is 23.5 Å². The van der Waals surface area contributed by atoms with Gasteiger partial charge < -0.3 is 19.7 Å². The van der Waals surface area contributed by atoms with Gasteiger partial charge in [0.15, 0.2) is 19.0 Å². The first kappa shape index (κ1) is 24.8. The lowest BCUT2D eigenvalue weighted by Crippen LogP contribution is -2.39. The number of carbonyl (C=O) groups excluding carboxylic acids is 4. The molecule has 8 nitrogen and oxygen atoms in total. The Labute approximate surface area is 208 Å². The maximum atomic E-state index is 12.7. The van der Waals surface area contributed by atoms with Crippen LogP contribution in [0.2, 0.25) is 0 Å². The molecule has 2 aliphatic rings. The van der Waals surface area contributed by atoms with E-state index in [-0.39, 0.29) is 30.2 Å². The van der Waals surface area contributed by atoms with E-state index in [0.29, 0.717) is 27.5 Å². The van der Waals surface area contributed by atoms with Gasteiger partial charge >= 0.3 is 5.97 Å². The fraction of sp³-hybridized carbons (Fsp3) is 0.385. The van der Waals surface area contributed by atoms with E-state index in [1.54, 1.807) is 36.4 Å². The van der Waals surface area contributed by atoms with Crippen molar-refractivity contribution in [1.82, 2.24) is 4.90 Å². The molecule has 1 saturated carbocycles. The lowest BCUT2D eigenvalue weighted by Gasteiger charge is -2.31. The second kappa shape index (κ2) is 11.4. The van der Waals surface area contributed by atoms with Crippen LogP contribution in [0.25, 0.3) is 0 Å². The van der Waals surface area contributed by atoms with Crippen molar-refractivity contribution in [3.63, 3.8) is 0 Å². The molecule has 0 saturated heterocycles. The van der Waals surface area contributed by atoms with E-state index in [1.165, 1.54) is 24.2 Å². The molecule has 0 bridgehead atoms. The standard InChI is InChI=1S/C26H28N2O6S/c1-28(18-7-3-2-4-8-18)25(31)16-35-23-10-6-5-9-19(23)26(32)34-14-21(29)17-11-12-22-20(13-17)27-24(30)15-33-22/h5-6,9-13,18H,2-4,7-8,14-16H2,1H3,(H,27,30). The molecular formula is C26H28N2O6S. The topological polar surface area (TPSA) is 102 Å². The average Bonchev–Trinajstić information content (AvgIpc) is 2.89. The Morgan fingerprint density at radius 1 is 1.11 bits per heavy atom. The third-order valence-electron chi connectivity index (χ3n) is 6.24. The van der Waals surface area contributed by atoms with E-state index >= 15 is 0 Å². The Balaban J connectivity index is 1.34. The van der Waals surface area contributed by atoms with Crippen molar-refractivity contribution in [2.45, 2.75) is 43.0 Å². The molecular weight excluding hydrogens is 468 g/mol. The van der Waals surface area contributed by atoms with Crippen molar-refractivity contribution in [2.24, 2.45) is 0 Å². The van der Waals surface area contributed by atoms with Crippen molar-refractivity contribution < 1.29 is 28.7 Å². The molecule has 1 fully saturated rings. The largest absolute Gasteiger partial charge is 0.482 e. The van der Waals surface area contributed by atoms with Crippen LogP contribution in [-0.4, -0.2) is 60.5 Å². The van der Waals surface area contributed by atoms with Gasteiger partial charge in [-0.3, -0.25) is 14.4 Å². The van der Waals surface area contributed by atoms with Crippen molar-refractivity contribution in [1.29, 1.82) is 0 Å². The number of hydrogen-bond donors (Lipinski definition) is 1. The first-order valence-electron chi connectivity index (χ1n) is 11.7. The van der Waals surface area contributed by atoms with Gasteiger partial charge in [-0.2, -0.15) is 0 Å². The molecule has 35 heavy (non-hydrogen) atoms. The minimum Gasteiger partial charge on any atom is -0.482 e. The van der Waals surface area contributed by atoms with E-state index in [0.717, 1.165) is 25.7 Å². The summed E-state index contributed by atoms with van der Waals surface area (Å²) in [6.45, 7) is -0.521. The van der Waals surface area contributed by atoms with E-state index in [2.05, 4.69) is 5.32 Å². The molecule has 9 heteroatoms. The first-order valence-corrected chi connectivity index (χ1v) is 12.7. The Bertz CT molecular complexity index is 1130. The van der Waals surface area contributed by atoms with Crippen LogP contribution in [0, 0.1) is 0 Å². The van der Waals surface area contributed by atoms with Gasteiger partial charge in [0.25, 0.3) is 5.91 Å². The van der Waals surface area contributed by atoms with Crippen molar-refractivity contribution in [3.05, 3.63) is 53.6 Å². The summed E-state index contributed by atoms with van der Waals surface area (Å²) < 4.78 is 10.6. The SMILES string of the molecule is CN(C(=O)CSc1ccccc1C(=O)OCC(=O)c1ccc2c(c1)NC(=O)CO2)C1CCCCC1. The molecule has 0 atom stereocenters. The normalized spacial score (nSPS) is 15.4. The van der Waals surface area contributed by atoms with Gasteiger partial charge in [-0.25, -0.2) is 4.79 Å². The van der Waals surface area contributed by atoms with Crippen LogP contribution in [0.1, 0.15) is 52.8 Å². The summed E-state index contributed by atoms with van der Waals surface area (Å²) in [5.74, 6) is -0.610. The number of benzene rings is 2. The fourth-order valence-electron chi connectivity index (χ4n) is 4.22. The maximum absolute atomic E-state index is 12.7.